The Morgan fingerprint density at radius 3 is 2.48 bits per heavy atom. The first-order valence-electron chi connectivity index (χ1n) is 9.03. The Morgan fingerprint density at radius 1 is 1.14 bits per heavy atom. The topological polar surface area (TPSA) is 61.9 Å². The molecule has 0 amide bonds. The van der Waals surface area contributed by atoms with E-state index in [1.54, 1.807) is 19.1 Å². The van der Waals surface area contributed by atoms with Gasteiger partial charge in [-0.15, -0.1) is 0 Å². The molecule has 1 aliphatic rings. The van der Waals surface area contributed by atoms with Crippen LogP contribution in [0.3, 0.4) is 0 Å². The molecule has 0 aromatic heterocycles. The summed E-state index contributed by atoms with van der Waals surface area (Å²) in [5.74, 6) is -0.321. The average molecular weight is 446 g/mol. The van der Waals surface area contributed by atoms with Gasteiger partial charge < -0.3 is 15.0 Å². The van der Waals surface area contributed by atoms with Gasteiger partial charge in [0.15, 0.2) is 5.75 Å². The maximum absolute atomic E-state index is 13.1. The van der Waals surface area contributed by atoms with Gasteiger partial charge in [0.25, 0.3) is 10.0 Å². The lowest BCUT2D eigenvalue weighted by atomic mass is 10.1. The van der Waals surface area contributed by atoms with E-state index in [4.69, 9.17) is 11.8 Å². The zero-order valence-corrected chi connectivity index (χ0v) is 17.6. The van der Waals surface area contributed by atoms with Gasteiger partial charge in [-0.05, 0) is 49.2 Å². The second kappa shape index (κ2) is 8.73. The van der Waals surface area contributed by atoms with E-state index in [-0.39, 0.29) is 16.3 Å². The first-order valence-corrected chi connectivity index (χ1v) is 10.8. The maximum atomic E-state index is 13.1. The van der Waals surface area contributed by atoms with Gasteiger partial charge in [0.1, 0.15) is 5.69 Å². The van der Waals surface area contributed by atoms with Gasteiger partial charge in [-0.2, -0.15) is 21.0 Å². The molecule has 0 radical (unpaired) electrons. The van der Waals surface area contributed by atoms with Crippen molar-refractivity contribution in [3.8, 4) is 5.75 Å². The van der Waals surface area contributed by atoms with E-state index in [2.05, 4.69) is 15.0 Å². The minimum atomic E-state index is -4.21. The normalized spacial score (nSPS) is 14.9. The first kappa shape index (κ1) is 21.6. The highest BCUT2D eigenvalue weighted by atomic mass is 35.5. The zero-order valence-electron chi connectivity index (χ0n) is 16.0. The highest BCUT2D eigenvalue weighted by Gasteiger charge is 2.28. The monoisotopic (exact) mass is 445 g/mol. The second-order valence-electron chi connectivity index (χ2n) is 6.75. The van der Waals surface area contributed by atoms with Gasteiger partial charge in [0.2, 0.25) is 0 Å². The van der Waals surface area contributed by atoms with Gasteiger partial charge in [0.05, 0.1) is 4.90 Å². The number of nitrogens with one attached hydrogen (secondary N) is 1. The standard InChI is InChI=1S/C19H22ClF2N3O3S/c1-13-3-6-18(28-19(21)22)17(11-13)25(20)29(26,27)15-5-4-14(2)16(12-15)24-9-7-23-8-10-24/h3-6,11-12,19,23H,7-10H2,1-2H3. The van der Waals surface area contributed by atoms with E-state index in [0.29, 0.717) is 9.39 Å². The minimum Gasteiger partial charge on any atom is -0.433 e. The third kappa shape index (κ3) is 4.73. The van der Waals surface area contributed by atoms with Gasteiger partial charge in [-0.1, -0.05) is 12.1 Å². The van der Waals surface area contributed by atoms with E-state index in [9.17, 15) is 17.2 Å². The Hall–Kier alpha value is -2.10. The number of benzene rings is 2. The second-order valence-corrected chi connectivity index (χ2v) is 9.08. The smallest absolute Gasteiger partial charge is 0.387 e. The van der Waals surface area contributed by atoms with Crippen LogP contribution in [0, 0.1) is 13.8 Å². The van der Waals surface area contributed by atoms with Crippen LogP contribution < -0.4 is 18.8 Å². The summed E-state index contributed by atoms with van der Waals surface area (Å²) in [4.78, 5) is 2.07. The molecule has 1 aliphatic heterocycles. The fraction of sp³-hybridized carbons (Fsp3) is 0.368. The van der Waals surface area contributed by atoms with Gasteiger partial charge >= 0.3 is 6.61 Å². The van der Waals surface area contributed by atoms with Crippen LogP contribution in [0.25, 0.3) is 0 Å². The molecule has 10 heteroatoms. The van der Waals surface area contributed by atoms with Gasteiger partial charge in [-0.3, -0.25) is 0 Å². The number of aryl methyl sites for hydroxylation is 2. The number of hydrogen-bond donors (Lipinski definition) is 1. The van der Waals surface area contributed by atoms with Crippen LogP contribution in [-0.2, 0) is 10.0 Å². The molecule has 2 aromatic rings. The number of halogens is 3. The number of anilines is 2. The summed E-state index contributed by atoms with van der Waals surface area (Å²) < 4.78 is 56.7. The number of ether oxygens (including phenoxy) is 1. The molecule has 6 nitrogen and oxygen atoms in total. The third-order valence-electron chi connectivity index (χ3n) is 4.67. The number of piperazine rings is 1. The molecule has 1 saturated heterocycles. The SMILES string of the molecule is Cc1ccc(OC(F)F)c(N(Cl)S(=O)(=O)c2ccc(C)c(N3CCNCC3)c2)c1. The Morgan fingerprint density at radius 2 is 1.83 bits per heavy atom. The van der Waals surface area contributed by atoms with E-state index in [1.165, 1.54) is 24.3 Å². The molecular weight excluding hydrogens is 424 g/mol. The Balaban J connectivity index is 2.00. The number of rotatable bonds is 6. The van der Waals surface area contributed by atoms with Crippen molar-refractivity contribution in [1.29, 1.82) is 0 Å². The average Bonchev–Trinajstić information content (AvgIpc) is 2.69. The molecule has 0 atom stereocenters. The minimum absolute atomic E-state index is 0.0314. The summed E-state index contributed by atoms with van der Waals surface area (Å²) in [5, 5.41) is 3.25. The lowest BCUT2D eigenvalue weighted by molar-refractivity contribution is -0.0494. The van der Waals surface area contributed by atoms with E-state index < -0.39 is 16.6 Å². The van der Waals surface area contributed by atoms with Crippen molar-refractivity contribution in [3.63, 3.8) is 0 Å². The van der Waals surface area contributed by atoms with Crippen molar-refractivity contribution in [2.24, 2.45) is 0 Å². The molecule has 0 saturated carbocycles. The van der Waals surface area contributed by atoms with Gasteiger partial charge in [-0.25, -0.2) is 0 Å². The molecule has 2 aromatic carbocycles. The largest absolute Gasteiger partial charge is 0.433 e. The summed E-state index contributed by atoms with van der Waals surface area (Å²) in [6.07, 6.45) is 0. The quantitative estimate of drug-likeness (QED) is 0.687. The van der Waals surface area contributed by atoms with E-state index >= 15 is 0 Å². The van der Waals surface area contributed by atoms with Crippen LogP contribution in [0.1, 0.15) is 11.1 Å². The van der Waals surface area contributed by atoms with Crippen molar-refractivity contribution in [2.75, 3.05) is 34.9 Å². The Bertz CT molecular complexity index is 983. The van der Waals surface area contributed by atoms with Crippen LogP contribution in [0.4, 0.5) is 20.2 Å². The molecule has 0 bridgehead atoms. The molecule has 0 aliphatic carbocycles. The fourth-order valence-corrected chi connectivity index (χ4v) is 4.64. The van der Waals surface area contributed by atoms with E-state index in [0.717, 1.165) is 37.4 Å². The van der Waals surface area contributed by atoms with Gasteiger partial charge in [0, 0.05) is 43.6 Å². The Kier molecular flexibility index (Phi) is 6.50. The molecule has 1 fully saturated rings. The van der Waals surface area contributed by atoms with Crippen molar-refractivity contribution in [2.45, 2.75) is 25.4 Å². The summed E-state index contributed by atoms with van der Waals surface area (Å²) in [6.45, 7) is 3.59. The van der Waals surface area contributed by atoms with Crippen LogP contribution in [0.2, 0.25) is 0 Å². The summed E-state index contributed by atoms with van der Waals surface area (Å²) in [7, 11) is -4.21. The Labute approximate surface area is 174 Å². The molecular formula is C19H22ClF2N3O3S. The predicted molar refractivity (Wildman–Crippen MR) is 110 cm³/mol. The molecule has 0 unspecified atom stereocenters. The van der Waals surface area contributed by atoms with Crippen molar-refractivity contribution < 1.29 is 21.9 Å². The maximum Gasteiger partial charge on any atom is 0.387 e. The van der Waals surface area contributed by atoms with Crippen molar-refractivity contribution in [1.82, 2.24) is 5.32 Å². The lowest BCUT2D eigenvalue weighted by Crippen LogP contribution is -2.43. The highest BCUT2D eigenvalue weighted by Crippen LogP contribution is 2.37. The van der Waals surface area contributed by atoms with Crippen LogP contribution in [-0.4, -0.2) is 41.2 Å². The third-order valence-corrected chi connectivity index (χ3v) is 6.86. The fourth-order valence-electron chi connectivity index (χ4n) is 3.18. The molecule has 158 valence electrons. The molecule has 1 N–H and O–H groups in total. The number of sulfonamides is 1. The molecule has 29 heavy (non-hydrogen) atoms. The number of hydrogen-bond acceptors (Lipinski definition) is 5. The van der Waals surface area contributed by atoms with Crippen LogP contribution >= 0.6 is 11.8 Å². The molecule has 0 spiro atoms. The summed E-state index contributed by atoms with van der Waals surface area (Å²) in [5.41, 5.74) is 2.21. The predicted octanol–water partition coefficient (Wildman–Crippen LogP) is 3.66. The lowest BCUT2D eigenvalue weighted by Gasteiger charge is -2.31. The molecule has 1 heterocycles. The summed E-state index contributed by atoms with van der Waals surface area (Å²) in [6, 6.07) is 8.91. The van der Waals surface area contributed by atoms with Crippen molar-refractivity contribution >= 4 is 33.2 Å². The highest BCUT2D eigenvalue weighted by molar-refractivity contribution is 7.94. The molecule has 3 rings (SSSR count). The summed E-state index contributed by atoms with van der Waals surface area (Å²) >= 11 is 6.17. The van der Waals surface area contributed by atoms with Crippen molar-refractivity contribution in [3.05, 3.63) is 47.5 Å². The van der Waals surface area contributed by atoms with E-state index in [1.807, 2.05) is 6.92 Å². The van der Waals surface area contributed by atoms with Crippen LogP contribution in [0.15, 0.2) is 41.3 Å². The van der Waals surface area contributed by atoms with Crippen LogP contribution in [0.5, 0.6) is 5.75 Å². The first-order chi connectivity index (χ1) is 13.7. The number of alkyl halides is 2. The zero-order chi connectivity index (χ0) is 21.2. The number of nitrogens with zero attached hydrogens (tertiary/aromatic N) is 2.